The van der Waals surface area contributed by atoms with Gasteiger partial charge in [-0.05, 0) is 35.8 Å². The highest BCUT2D eigenvalue weighted by atomic mass is 16.3. The van der Waals surface area contributed by atoms with Crippen LogP contribution in [0.4, 0.5) is 0 Å². The van der Waals surface area contributed by atoms with E-state index in [1.807, 2.05) is 30.3 Å². The van der Waals surface area contributed by atoms with Crippen LogP contribution in [0, 0.1) is 5.92 Å². The summed E-state index contributed by atoms with van der Waals surface area (Å²) in [6, 6.07) is 10.8. The van der Waals surface area contributed by atoms with E-state index in [9.17, 15) is 10.2 Å². The summed E-state index contributed by atoms with van der Waals surface area (Å²) in [6.07, 6.45) is 3.98. The van der Waals surface area contributed by atoms with E-state index in [0.717, 1.165) is 29.2 Å². The molecule has 0 bridgehead atoms. The van der Waals surface area contributed by atoms with Crippen LogP contribution in [0.15, 0.2) is 36.4 Å². The van der Waals surface area contributed by atoms with Gasteiger partial charge >= 0.3 is 0 Å². The minimum Gasteiger partial charge on any atom is -0.507 e. The van der Waals surface area contributed by atoms with Crippen molar-refractivity contribution < 1.29 is 10.2 Å². The van der Waals surface area contributed by atoms with Crippen molar-refractivity contribution in [2.45, 2.75) is 37.8 Å². The van der Waals surface area contributed by atoms with Crippen LogP contribution in [0.1, 0.15) is 37.3 Å². The van der Waals surface area contributed by atoms with E-state index < -0.39 is 12.1 Å². The first-order valence-corrected chi connectivity index (χ1v) is 7.33. The summed E-state index contributed by atoms with van der Waals surface area (Å²) >= 11 is 0. The van der Waals surface area contributed by atoms with Gasteiger partial charge in [0.15, 0.2) is 0 Å². The normalized spacial score (nSPS) is 19.3. The molecule has 2 atom stereocenters. The summed E-state index contributed by atoms with van der Waals surface area (Å²) < 4.78 is 0. The lowest BCUT2D eigenvalue weighted by atomic mass is 9.88. The molecular weight excluding hydrogens is 250 g/mol. The first-order valence-electron chi connectivity index (χ1n) is 7.33. The highest BCUT2D eigenvalue weighted by Gasteiger charge is 2.29. The van der Waals surface area contributed by atoms with Crippen molar-refractivity contribution in [1.29, 1.82) is 0 Å². The second-order valence-corrected chi connectivity index (χ2v) is 5.78. The van der Waals surface area contributed by atoms with Crippen LogP contribution in [0.2, 0.25) is 0 Å². The quantitative estimate of drug-likeness (QED) is 0.803. The Hall–Kier alpha value is -1.58. The molecule has 0 spiro atoms. The number of nitrogens with two attached hydrogens (primary N) is 1. The summed E-state index contributed by atoms with van der Waals surface area (Å²) in [6.45, 7) is 0. The lowest BCUT2D eigenvalue weighted by Crippen LogP contribution is -2.32. The molecule has 20 heavy (non-hydrogen) atoms. The monoisotopic (exact) mass is 271 g/mol. The maximum atomic E-state index is 10.5. The molecule has 1 aliphatic carbocycles. The van der Waals surface area contributed by atoms with Crippen molar-refractivity contribution in [2.24, 2.45) is 11.7 Å². The fraction of sp³-hybridized carbons (Fsp3) is 0.412. The van der Waals surface area contributed by atoms with Crippen LogP contribution < -0.4 is 5.73 Å². The van der Waals surface area contributed by atoms with Crippen molar-refractivity contribution >= 4 is 10.8 Å². The molecule has 2 aromatic carbocycles. The van der Waals surface area contributed by atoms with Crippen molar-refractivity contribution in [1.82, 2.24) is 0 Å². The second-order valence-electron chi connectivity index (χ2n) is 5.78. The highest BCUT2D eigenvalue weighted by Crippen LogP contribution is 2.36. The Bertz CT molecular complexity index is 605. The Balaban J connectivity index is 1.99. The fourth-order valence-corrected chi connectivity index (χ4v) is 3.37. The van der Waals surface area contributed by atoms with Crippen LogP contribution in [-0.2, 0) is 0 Å². The molecular formula is C17H21NO2. The predicted octanol–water partition coefficient (Wildman–Crippen LogP) is 3.10. The third-order valence-corrected chi connectivity index (χ3v) is 4.54. The summed E-state index contributed by atoms with van der Waals surface area (Å²) in [7, 11) is 0. The molecule has 0 radical (unpaired) electrons. The number of aliphatic hydroxyl groups is 1. The minimum absolute atomic E-state index is 0.256. The Kier molecular flexibility index (Phi) is 3.64. The van der Waals surface area contributed by atoms with Gasteiger partial charge in [0.05, 0.1) is 12.1 Å². The lowest BCUT2D eigenvalue weighted by molar-refractivity contribution is 0.0849. The fourth-order valence-electron chi connectivity index (χ4n) is 3.37. The van der Waals surface area contributed by atoms with Crippen LogP contribution in [-0.4, -0.2) is 16.3 Å². The number of phenolic OH excluding ortho intramolecular Hbond substituents is 1. The number of hydrogen-bond acceptors (Lipinski definition) is 3. The van der Waals surface area contributed by atoms with Crippen molar-refractivity contribution in [2.75, 3.05) is 0 Å². The first kappa shape index (κ1) is 13.4. The lowest BCUT2D eigenvalue weighted by Gasteiger charge is -2.25. The molecule has 0 saturated heterocycles. The average Bonchev–Trinajstić information content (AvgIpc) is 3.01. The molecule has 0 aromatic heterocycles. The van der Waals surface area contributed by atoms with Crippen molar-refractivity contribution in [3.8, 4) is 5.75 Å². The maximum absolute atomic E-state index is 10.5. The van der Waals surface area contributed by atoms with Gasteiger partial charge in [-0.2, -0.15) is 0 Å². The molecule has 1 fully saturated rings. The van der Waals surface area contributed by atoms with Crippen LogP contribution in [0.25, 0.3) is 10.8 Å². The topological polar surface area (TPSA) is 66.5 Å². The van der Waals surface area contributed by atoms with Gasteiger partial charge in [0.2, 0.25) is 0 Å². The zero-order valence-corrected chi connectivity index (χ0v) is 11.5. The number of phenols is 1. The van der Waals surface area contributed by atoms with Gasteiger partial charge in [-0.25, -0.2) is 0 Å². The molecule has 3 rings (SSSR count). The number of aromatic hydroxyl groups is 1. The number of fused-ring (bicyclic) bond motifs is 1. The first-order chi connectivity index (χ1) is 9.68. The molecule has 0 amide bonds. The molecule has 1 saturated carbocycles. The summed E-state index contributed by atoms with van der Waals surface area (Å²) in [5, 5.41) is 22.2. The number of benzene rings is 2. The van der Waals surface area contributed by atoms with Crippen LogP contribution >= 0.6 is 0 Å². The van der Waals surface area contributed by atoms with E-state index in [0.29, 0.717) is 5.92 Å². The highest BCUT2D eigenvalue weighted by molar-refractivity contribution is 5.91. The molecule has 0 unspecified atom stereocenters. The van der Waals surface area contributed by atoms with Crippen LogP contribution in [0.5, 0.6) is 5.75 Å². The molecule has 4 N–H and O–H groups in total. The van der Waals surface area contributed by atoms with Gasteiger partial charge in [0.25, 0.3) is 0 Å². The molecule has 3 nitrogen and oxygen atoms in total. The van der Waals surface area contributed by atoms with Gasteiger partial charge in [0.1, 0.15) is 5.75 Å². The van der Waals surface area contributed by atoms with Gasteiger partial charge in [0, 0.05) is 5.39 Å². The maximum Gasteiger partial charge on any atom is 0.123 e. The van der Waals surface area contributed by atoms with E-state index in [2.05, 4.69) is 0 Å². The Labute approximate surface area is 119 Å². The largest absolute Gasteiger partial charge is 0.507 e. The van der Waals surface area contributed by atoms with E-state index >= 15 is 0 Å². The van der Waals surface area contributed by atoms with Crippen molar-refractivity contribution in [3.05, 3.63) is 42.0 Å². The number of aliphatic hydroxyl groups excluding tert-OH is 1. The Morgan fingerprint density at radius 1 is 1.00 bits per heavy atom. The molecule has 2 aromatic rings. The zero-order valence-electron chi connectivity index (χ0n) is 11.5. The van der Waals surface area contributed by atoms with Crippen LogP contribution in [0.3, 0.4) is 0 Å². The van der Waals surface area contributed by atoms with E-state index in [-0.39, 0.29) is 5.75 Å². The zero-order chi connectivity index (χ0) is 14.1. The molecule has 3 heteroatoms. The Morgan fingerprint density at radius 3 is 2.35 bits per heavy atom. The SMILES string of the molecule is N[C@H](c1ccc(O)c2ccccc12)[C@@H](O)C1CCCC1. The van der Waals surface area contributed by atoms with Gasteiger partial charge in [-0.1, -0.05) is 43.2 Å². The van der Waals surface area contributed by atoms with E-state index in [4.69, 9.17) is 5.73 Å². The minimum atomic E-state index is -0.509. The van der Waals surface area contributed by atoms with E-state index in [1.54, 1.807) is 6.07 Å². The molecule has 106 valence electrons. The molecule has 1 aliphatic rings. The third-order valence-electron chi connectivity index (χ3n) is 4.54. The summed E-state index contributed by atoms with van der Waals surface area (Å²) in [5.41, 5.74) is 7.22. The van der Waals surface area contributed by atoms with Crippen molar-refractivity contribution in [3.63, 3.8) is 0 Å². The standard InChI is InChI=1S/C17H21NO2/c18-16(17(20)11-5-1-2-6-11)14-9-10-15(19)13-8-4-3-7-12(13)14/h3-4,7-11,16-17,19-20H,1-2,5-6,18H2/t16-,17+/m1/s1. The molecule has 0 aliphatic heterocycles. The van der Waals surface area contributed by atoms with Gasteiger partial charge in [-0.3, -0.25) is 0 Å². The predicted molar refractivity (Wildman–Crippen MR) is 80.5 cm³/mol. The van der Waals surface area contributed by atoms with Gasteiger partial charge < -0.3 is 15.9 Å². The Morgan fingerprint density at radius 2 is 1.65 bits per heavy atom. The summed E-state index contributed by atoms with van der Waals surface area (Å²) in [5.74, 6) is 0.560. The smallest absolute Gasteiger partial charge is 0.123 e. The second kappa shape index (κ2) is 5.43. The third kappa shape index (κ3) is 2.28. The number of hydrogen-bond donors (Lipinski definition) is 3. The average molecular weight is 271 g/mol. The molecule has 0 heterocycles. The van der Waals surface area contributed by atoms with E-state index in [1.165, 1.54) is 12.8 Å². The summed E-state index contributed by atoms with van der Waals surface area (Å²) in [4.78, 5) is 0. The number of rotatable bonds is 3. The van der Waals surface area contributed by atoms with Gasteiger partial charge in [-0.15, -0.1) is 0 Å².